The van der Waals surface area contributed by atoms with Crippen molar-refractivity contribution in [1.82, 2.24) is 5.32 Å². The van der Waals surface area contributed by atoms with Gasteiger partial charge in [0, 0.05) is 23.5 Å². The van der Waals surface area contributed by atoms with Gasteiger partial charge < -0.3 is 26.2 Å². The highest BCUT2D eigenvalue weighted by atomic mass is 16.5. The Kier molecular flexibility index (Phi) is 5.82. The van der Waals surface area contributed by atoms with Crippen molar-refractivity contribution in [2.24, 2.45) is 0 Å². The Morgan fingerprint density at radius 3 is 2.70 bits per heavy atom. The van der Waals surface area contributed by atoms with Crippen molar-refractivity contribution in [2.75, 3.05) is 24.7 Å². The van der Waals surface area contributed by atoms with Crippen LogP contribution in [0.2, 0.25) is 0 Å². The average Bonchev–Trinajstić information content (AvgIpc) is 2.56. The van der Waals surface area contributed by atoms with Crippen LogP contribution in [0.4, 0.5) is 16.2 Å². The molecule has 23 heavy (non-hydrogen) atoms. The van der Waals surface area contributed by atoms with Crippen LogP contribution in [-0.4, -0.2) is 24.8 Å². The number of carbonyl (C=O) groups is 1. The predicted octanol–water partition coefficient (Wildman–Crippen LogP) is 2.52. The summed E-state index contributed by atoms with van der Waals surface area (Å²) in [5.74, 6) is 0.628. The second kappa shape index (κ2) is 8.05. The highest BCUT2D eigenvalue weighted by Crippen LogP contribution is 2.27. The number of ether oxygens (including phenoxy) is 1. The van der Waals surface area contributed by atoms with Crippen molar-refractivity contribution in [3.8, 4) is 5.75 Å². The van der Waals surface area contributed by atoms with Crippen molar-refractivity contribution >= 4 is 17.4 Å². The molecule has 2 aromatic rings. The minimum Gasteiger partial charge on any atom is -0.497 e. The monoisotopic (exact) mass is 315 g/mol. The number of aliphatic hydroxyl groups excluding tert-OH is 1. The van der Waals surface area contributed by atoms with E-state index in [4.69, 9.17) is 10.5 Å². The number of methoxy groups -OCH3 is 1. The number of nitrogens with two attached hydrogens (primary N) is 1. The summed E-state index contributed by atoms with van der Waals surface area (Å²) in [5.41, 5.74) is 7.66. The number of nitrogen functional groups attached to an aromatic ring is 1. The molecule has 1 unspecified atom stereocenters. The largest absolute Gasteiger partial charge is 0.497 e. The van der Waals surface area contributed by atoms with E-state index in [0.29, 0.717) is 35.7 Å². The fourth-order valence-electron chi connectivity index (χ4n) is 2.14. The maximum Gasteiger partial charge on any atom is 0.319 e. The molecule has 0 aliphatic heterocycles. The van der Waals surface area contributed by atoms with Gasteiger partial charge in [0.1, 0.15) is 5.75 Å². The number of anilines is 2. The third kappa shape index (κ3) is 4.89. The highest BCUT2D eigenvalue weighted by Gasteiger charge is 2.12. The molecule has 0 radical (unpaired) electrons. The molecule has 2 aromatic carbocycles. The van der Waals surface area contributed by atoms with Crippen LogP contribution in [0.3, 0.4) is 0 Å². The summed E-state index contributed by atoms with van der Waals surface area (Å²) < 4.78 is 5.12. The maximum atomic E-state index is 11.7. The Labute approximate surface area is 135 Å². The van der Waals surface area contributed by atoms with E-state index in [-0.39, 0.29) is 6.03 Å². The van der Waals surface area contributed by atoms with Gasteiger partial charge in [-0.25, -0.2) is 4.79 Å². The molecule has 0 aliphatic rings. The third-order valence-corrected chi connectivity index (χ3v) is 3.39. The lowest BCUT2D eigenvalue weighted by Gasteiger charge is -2.15. The highest BCUT2D eigenvalue weighted by molar-refractivity contribution is 5.89. The van der Waals surface area contributed by atoms with E-state index in [0.717, 1.165) is 0 Å². The lowest BCUT2D eigenvalue weighted by Crippen LogP contribution is -2.30. The molecular formula is C17H21N3O3. The van der Waals surface area contributed by atoms with Crippen LogP contribution in [0.5, 0.6) is 5.75 Å². The molecular weight excluding hydrogens is 294 g/mol. The molecule has 0 spiro atoms. The molecule has 2 rings (SSSR count). The number of hydrogen-bond acceptors (Lipinski definition) is 4. The Balaban J connectivity index is 1.82. The van der Waals surface area contributed by atoms with Gasteiger partial charge in [0.05, 0.1) is 13.2 Å². The number of amides is 2. The molecule has 2 amide bonds. The molecule has 6 heteroatoms. The number of rotatable bonds is 6. The molecule has 6 nitrogen and oxygen atoms in total. The van der Waals surface area contributed by atoms with Gasteiger partial charge in [0.15, 0.2) is 0 Å². The van der Waals surface area contributed by atoms with E-state index in [1.807, 2.05) is 18.2 Å². The minimum absolute atomic E-state index is 0.316. The Morgan fingerprint density at radius 2 is 2.00 bits per heavy atom. The summed E-state index contributed by atoms with van der Waals surface area (Å²) in [4.78, 5) is 11.7. The Bertz CT molecular complexity index is 647. The van der Waals surface area contributed by atoms with Crippen molar-refractivity contribution in [2.45, 2.75) is 12.5 Å². The summed E-state index contributed by atoms with van der Waals surface area (Å²) in [6.45, 7) is 0.316. The maximum absolute atomic E-state index is 11.7. The topological polar surface area (TPSA) is 96.6 Å². The van der Waals surface area contributed by atoms with E-state index in [2.05, 4.69) is 10.6 Å². The molecule has 0 bridgehead atoms. The number of hydrogen-bond donors (Lipinski definition) is 4. The summed E-state index contributed by atoms with van der Waals surface area (Å²) in [5, 5.41) is 15.6. The van der Waals surface area contributed by atoms with Crippen molar-refractivity contribution < 1.29 is 14.6 Å². The number of carbonyl (C=O) groups excluding carboxylic acids is 1. The van der Waals surface area contributed by atoms with Gasteiger partial charge in [-0.1, -0.05) is 18.2 Å². The van der Waals surface area contributed by atoms with Gasteiger partial charge >= 0.3 is 6.03 Å². The van der Waals surface area contributed by atoms with Gasteiger partial charge in [-0.15, -0.1) is 0 Å². The third-order valence-electron chi connectivity index (χ3n) is 3.39. The van der Waals surface area contributed by atoms with E-state index < -0.39 is 6.10 Å². The first kappa shape index (κ1) is 16.6. The lowest BCUT2D eigenvalue weighted by atomic mass is 10.0. The van der Waals surface area contributed by atoms with Crippen molar-refractivity contribution in [1.29, 1.82) is 0 Å². The fourth-order valence-corrected chi connectivity index (χ4v) is 2.14. The molecule has 0 fully saturated rings. The summed E-state index contributed by atoms with van der Waals surface area (Å²) in [7, 11) is 1.55. The van der Waals surface area contributed by atoms with Gasteiger partial charge in [0.25, 0.3) is 0 Å². The van der Waals surface area contributed by atoms with E-state index in [9.17, 15) is 9.90 Å². The van der Waals surface area contributed by atoms with Gasteiger partial charge in [-0.2, -0.15) is 0 Å². The molecule has 0 saturated heterocycles. The van der Waals surface area contributed by atoms with Crippen LogP contribution < -0.4 is 21.1 Å². The summed E-state index contributed by atoms with van der Waals surface area (Å²) in [6, 6.07) is 13.9. The number of urea groups is 1. The van der Waals surface area contributed by atoms with Crippen LogP contribution in [0.25, 0.3) is 0 Å². The molecule has 0 heterocycles. The molecule has 0 aromatic heterocycles. The average molecular weight is 315 g/mol. The van der Waals surface area contributed by atoms with Crippen LogP contribution in [0.15, 0.2) is 48.5 Å². The predicted molar refractivity (Wildman–Crippen MR) is 90.4 cm³/mol. The second-order valence-corrected chi connectivity index (χ2v) is 5.05. The van der Waals surface area contributed by atoms with Gasteiger partial charge in [-0.3, -0.25) is 0 Å². The number of nitrogens with one attached hydrogen (secondary N) is 2. The van der Waals surface area contributed by atoms with Gasteiger partial charge in [0.2, 0.25) is 0 Å². The quantitative estimate of drug-likeness (QED) is 0.616. The number of benzene rings is 2. The van der Waals surface area contributed by atoms with Crippen LogP contribution in [0.1, 0.15) is 18.1 Å². The number of para-hydroxylation sites is 1. The zero-order chi connectivity index (χ0) is 16.7. The van der Waals surface area contributed by atoms with Crippen LogP contribution in [0, 0.1) is 0 Å². The normalized spacial score (nSPS) is 11.6. The van der Waals surface area contributed by atoms with E-state index >= 15 is 0 Å². The smallest absolute Gasteiger partial charge is 0.319 e. The lowest BCUT2D eigenvalue weighted by molar-refractivity contribution is 0.167. The first-order chi connectivity index (χ1) is 11.1. The van der Waals surface area contributed by atoms with E-state index in [1.165, 1.54) is 0 Å². The Hall–Kier alpha value is -2.73. The zero-order valence-corrected chi connectivity index (χ0v) is 13.0. The Morgan fingerprint density at radius 1 is 1.26 bits per heavy atom. The fraction of sp³-hybridized carbons (Fsp3) is 0.235. The molecule has 5 N–H and O–H groups in total. The summed E-state index contributed by atoms with van der Waals surface area (Å²) >= 11 is 0. The number of aliphatic hydroxyl groups is 1. The molecule has 0 saturated carbocycles. The first-order valence-corrected chi connectivity index (χ1v) is 7.31. The standard InChI is InChI=1S/C17H21N3O3/c1-23-13-7-8-15(18)14(11-13)16(21)9-10-19-17(22)20-12-5-3-2-4-6-12/h2-8,11,16,21H,9-10,18H2,1H3,(H2,19,20,22). The second-order valence-electron chi connectivity index (χ2n) is 5.05. The molecule has 1 atom stereocenters. The van der Waals surface area contributed by atoms with Crippen molar-refractivity contribution in [3.05, 3.63) is 54.1 Å². The van der Waals surface area contributed by atoms with E-state index in [1.54, 1.807) is 37.4 Å². The zero-order valence-electron chi connectivity index (χ0n) is 13.0. The van der Waals surface area contributed by atoms with Gasteiger partial charge in [-0.05, 0) is 36.8 Å². The van der Waals surface area contributed by atoms with Crippen LogP contribution >= 0.6 is 0 Å². The molecule has 0 aliphatic carbocycles. The van der Waals surface area contributed by atoms with Crippen molar-refractivity contribution in [3.63, 3.8) is 0 Å². The summed E-state index contributed by atoms with van der Waals surface area (Å²) in [6.07, 6.45) is -0.429. The van der Waals surface area contributed by atoms with Crippen LogP contribution in [-0.2, 0) is 0 Å². The molecule has 122 valence electrons. The minimum atomic E-state index is -0.776. The first-order valence-electron chi connectivity index (χ1n) is 7.31. The SMILES string of the molecule is COc1ccc(N)c(C(O)CCNC(=O)Nc2ccccc2)c1.